The van der Waals surface area contributed by atoms with Crippen LogP contribution in [0, 0.1) is 5.82 Å². The predicted molar refractivity (Wildman–Crippen MR) is 113 cm³/mol. The Kier molecular flexibility index (Phi) is 6.35. The zero-order valence-corrected chi connectivity index (χ0v) is 18.5. The molecule has 170 valence electrons. The molecule has 1 aromatic heterocycles. The van der Waals surface area contributed by atoms with Crippen LogP contribution in [-0.2, 0) is 16.6 Å². The molecule has 0 bridgehead atoms. The van der Waals surface area contributed by atoms with Gasteiger partial charge in [0, 0.05) is 32.2 Å². The standard InChI is InChI=1S/C20H23FN6O4S/c1-30-17-6-7-18(31-2)19(13-17)32(28,29)26-10-8-25(9-11-26)14-20-22-23-24-27(20)16-5-3-4-15(21)12-16/h3-7,12-13H,8-11,14H2,1-2H3. The molecule has 0 amide bonds. The maximum Gasteiger partial charge on any atom is 0.246 e. The summed E-state index contributed by atoms with van der Waals surface area (Å²) in [4.78, 5) is 2.12. The summed E-state index contributed by atoms with van der Waals surface area (Å²) < 4.78 is 53.4. The van der Waals surface area contributed by atoms with Gasteiger partial charge in [-0.05, 0) is 40.8 Å². The molecule has 4 rings (SSSR count). The second-order valence-corrected chi connectivity index (χ2v) is 9.09. The molecular weight excluding hydrogens is 439 g/mol. The van der Waals surface area contributed by atoms with E-state index in [2.05, 4.69) is 20.4 Å². The van der Waals surface area contributed by atoms with Crippen LogP contribution in [0.2, 0.25) is 0 Å². The fourth-order valence-electron chi connectivity index (χ4n) is 3.57. The number of hydrogen-bond donors (Lipinski definition) is 0. The lowest BCUT2D eigenvalue weighted by Crippen LogP contribution is -2.48. The van der Waals surface area contributed by atoms with E-state index in [1.165, 1.54) is 41.4 Å². The third-order valence-electron chi connectivity index (χ3n) is 5.27. The average Bonchev–Trinajstić information content (AvgIpc) is 3.27. The molecule has 0 spiro atoms. The number of methoxy groups -OCH3 is 2. The first kappa shape index (κ1) is 22.1. The number of sulfonamides is 1. The van der Waals surface area contributed by atoms with Crippen LogP contribution in [0.15, 0.2) is 47.4 Å². The van der Waals surface area contributed by atoms with Crippen molar-refractivity contribution in [2.45, 2.75) is 11.4 Å². The van der Waals surface area contributed by atoms with Crippen molar-refractivity contribution in [1.82, 2.24) is 29.4 Å². The van der Waals surface area contributed by atoms with Crippen LogP contribution in [-0.4, -0.2) is 78.2 Å². The molecule has 1 aliphatic rings. The highest BCUT2D eigenvalue weighted by atomic mass is 32.2. The normalized spacial score (nSPS) is 15.6. The van der Waals surface area contributed by atoms with Gasteiger partial charge in [-0.2, -0.15) is 8.99 Å². The van der Waals surface area contributed by atoms with Crippen LogP contribution < -0.4 is 9.47 Å². The zero-order chi connectivity index (χ0) is 22.7. The quantitative estimate of drug-likeness (QED) is 0.518. The molecule has 0 atom stereocenters. The van der Waals surface area contributed by atoms with Crippen molar-refractivity contribution < 1.29 is 22.3 Å². The third kappa shape index (κ3) is 4.42. The van der Waals surface area contributed by atoms with Crippen molar-refractivity contribution in [3.05, 3.63) is 54.1 Å². The van der Waals surface area contributed by atoms with Crippen LogP contribution in [0.3, 0.4) is 0 Å². The summed E-state index contributed by atoms with van der Waals surface area (Å²) in [6.45, 7) is 1.97. The Morgan fingerprint density at radius 3 is 2.50 bits per heavy atom. The van der Waals surface area contributed by atoms with E-state index >= 15 is 0 Å². The van der Waals surface area contributed by atoms with Gasteiger partial charge in [-0.1, -0.05) is 6.07 Å². The fourth-order valence-corrected chi connectivity index (χ4v) is 5.16. The predicted octanol–water partition coefficient (Wildman–Crippen LogP) is 1.33. The molecule has 0 radical (unpaired) electrons. The van der Waals surface area contributed by atoms with Crippen molar-refractivity contribution in [2.75, 3.05) is 40.4 Å². The SMILES string of the molecule is COc1ccc(OC)c(S(=O)(=O)N2CCN(Cc3nnnn3-c3cccc(F)c3)CC2)c1. The Bertz CT molecular complexity index is 1190. The van der Waals surface area contributed by atoms with Crippen LogP contribution >= 0.6 is 0 Å². The van der Waals surface area contributed by atoms with Crippen molar-refractivity contribution in [1.29, 1.82) is 0 Å². The van der Waals surface area contributed by atoms with Crippen LogP contribution in [0.4, 0.5) is 4.39 Å². The highest BCUT2D eigenvalue weighted by molar-refractivity contribution is 7.89. The van der Waals surface area contributed by atoms with Crippen molar-refractivity contribution in [3.63, 3.8) is 0 Å². The number of benzene rings is 2. The topological polar surface area (TPSA) is 103 Å². The summed E-state index contributed by atoms with van der Waals surface area (Å²) in [5.74, 6) is 0.867. The molecule has 32 heavy (non-hydrogen) atoms. The number of ether oxygens (including phenoxy) is 2. The first-order valence-corrected chi connectivity index (χ1v) is 11.3. The Balaban J connectivity index is 1.46. The van der Waals surface area contributed by atoms with Crippen molar-refractivity contribution in [2.24, 2.45) is 0 Å². The van der Waals surface area contributed by atoms with Gasteiger partial charge >= 0.3 is 0 Å². The molecule has 3 aromatic rings. The number of aromatic nitrogens is 4. The molecule has 0 saturated carbocycles. The number of hydrogen-bond acceptors (Lipinski definition) is 8. The van der Waals surface area contributed by atoms with E-state index < -0.39 is 10.0 Å². The lowest BCUT2D eigenvalue weighted by Gasteiger charge is -2.33. The highest BCUT2D eigenvalue weighted by Crippen LogP contribution is 2.31. The van der Waals surface area contributed by atoms with Gasteiger partial charge in [0.2, 0.25) is 10.0 Å². The smallest absolute Gasteiger partial charge is 0.246 e. The minimum absolute atomic E-state index is 0.0721. The van der Waals surface area contributed by atoms with E-state index in [9.17, 15) is 12.8 Å². The van der Waals surface area contributed by atoms with Gasteiger partial charge in [0.1, 0.15) is 22.2 Å². The molecule has 0 unspecified atom stereocenters. The van der Waals surface area contributed by atoms with Crippen LogP contribution in [0.25, 0.3) is 5.69 Å². The first-order chi connectivity index (χ1) is 15.4. The molecular formula is C20H23FN6O4S. The number of halogens is 1. The van der Waals surface area contributed by atoms with Crippen molar-refractivity contribution in [3.8, 4) is 17.2 Å². The molecule has 10 nitrogen and oxygen atoms in total. The van der Waals surface area contributed by atoms with Gasteiger partial charge in [-0.3, -0.25) is 4.90 Å². The maximum atomic E-state index is 13.6. The lowest BCUT2D eigenvalue weighted by molar-refractivity contribution is 0.176. The Morgan fingerprint density at radius 1 is 1.03 bits per heavy atom. The minimum Gasteiger partial charge on any atom is -0.497 e. The second kappa shape index (κ2) is 9.18. The van der Waals surface area contributed by atoms with Crippen molar-refractivity contribution >= 4 is 10.0 Å². The van der Waals surface area contributed by atoms with Gasteiger partial charge in [0.05, 0.1) is 26.5 Å². The summed E-state index contributed by atoms with van der Waals surface area (Å²) in [7, 11) is -0.852. The summed E-state index contributed by atoms with van der Waals surface area (Å²) in [5, 5.41) is 11.7. The Hall–Kier alpha value is -3.09. The number of piperazine rings is 1. The van der Waals surface area contributed by atoms with E-state index in [0.717, 1.165) is 0 Å². The number of tetrazole rings is 1. The maximum absolute atomic E-state index is 13.6. The summed E-state index contributed by atoms with van der Waals surface area (Å²) >= 11 is 0. The molecule has 0 N–H and O–H groups in total. The number of nitrogens with zero attached hydrogens (tertiary/aromatic N) is 6. The van der Waals surface area contributed by atoms with Gasteiger partial charge in [0.25, 0.3) is 0 Å². The fraction of sp³-hybridized carbons (Fsp3) is 0.350. The van der Waals surface area contributed by atoms with E-state index in [0.29, 0.717) is 50.0 Å². The molecule has 0 aliphatic carbocycles. The summed E-state index contributed by atoms with van der Waals surface area (Å²) in [6, 6.07) is 10.7. The molecule has 12 heteroatoms. The largest absolute Gasteiger partial charge is 0.497 e. The molecule has 2 aromatic carbocycles. The average molecular weight is 463 g/mol. The Labute approximate surface area is 185 Å². The van der Waals surface area contributed by atoms with Crippen LogP contribution in [0.1, 0.15) is 5.82 Å². The van der Waals surface area contributed by atoms with E-state index in [4.69, 9.17) is 9.47 Å². The van der Waals surface area contributed by atoms with E-state index in [1.54, 1.807) is 24.3 Å². The van der Waals surface area contributed by atoms with E-state index in [-0.39, 0.29) is 16.5 Å². The molecule has 1 aliphatic heterocycles. The second-order valence-electron chi connectivity index (χ2n) is 7.18. The minimum atomic E-state index is -3.76. The van der Waals surface area contributed by atoms with Gasteiger partial charge < -0.3 is 9.47 Å². The first-order valence-electron chi connectivity index (χ1n) is 9.90. The molecule has 1 saturated heterocycles. The monoisotopic (exact) mass is 462 g/mol. The van der Waals surface area contributed by atoms with Crippen LogP contribution in [0.5, 0.6) is 11.5 Å². The van der Waals surface area contributed by atoms with E-state index in [1.807, 2.05) is 0 Å². The summed E-state index contributed by atoms with van der Waals surface area (Å²) in [5.41, 5.74) is 0.524. The lowest BCUT2D eigenvalue weighted by atomic mass is 10.3. The van der Waals surface area contributed by atoms with Gasteiger partial charge in [-0.25, -0.2) is 12.8 Å². The zero-order valence-electron chi connectivity index (χ0n) is 17.7. The third-order valence-corrected chi connectivity index (χ3v) is 7.19. The highest BCUT2D eigenvalue weighted by Gasteiger charge is 2.31. The van der Waals surface area contributed by atoms with Gasteiger partial charge in [-0.15, -0.1) is 5.10 Å². The number of rotatable bonds is 7. The molecule has 2 heterocycles. The molecule has 1 fully saturated rings. The van der Waals surface area contributed by atoms with Gasteiger partial charge in [0.15, 0.2) is 5.82 Å². The Morgan fingerprint density at radius 2 is 1.81 bits per heavy atom. The summed E-state index contributed by atoms with van der Waals surface area (Å²) in [6.07, 6.45) is 0.